The Bertz CT molecular complexity index is 218. The molecule has 1 aromatic heterocycles. The van der Waals surface area contributed by atoms with Crippen LogP contribution in [0.15, 0.2) is 23.3 Å². The zero-order valence-electron chi connectivity index (χ0n) is 5.33. The van der Waals surface area contributed by atoms with Gasteiger partial charge in [0, 0.05) is 6.20 Å². The molecule has 0 saturated heterocycles. The molecular weight excluding hydrogens is 112 g/mol. The van der Waals surface area contributed by atoms with Gasteiger partial charge in [-0.1, -0.05) is 0 Å². The average Bonchev–Trinajstić information content (AvgIpc) is 1.89. The first-order valence-electron chi connectivity index (χ1n) is 2.73. The van der Waals surface area contributed by atoms with Gasteiger partial charge in [-0.05, 0) is 25.8 Å². The lowest BCUT2D eigenvalue weighted by Crippen LogP contribution is -1.77. The third kappa shape index (κ3) is 1.13. The molecule has 1 rings (SSSR count). The lowest BCUT2D eigenvalue weighted by molar-refractivity contribution is 1.19. The van der Waals surface area contributed by atoms with Gasteiger partial charge in [0.1, 0.15) is 0 Å². The second-order valence-corrected chi connectivity index (χ2v) is 1.77. The minimum Gasteiger partial charge on any atom is -0.263 e. The fraction of sp³-hybridized carbons (Fsp3) is 0.143. The molecule has 0 saturated carbocycles. The van der Waals surface area contributed by atoms with E-state index in [9.17, 15) is 0 Å². The fourth-order valence-corrected chi connectivity index (χ4v) is 0.643. The van der Waals surface area contributed by atoms with Crippen molar-refractivity contribution in [2.45, 2.75) is 6.92 Å². The molecule has 0 aliphatic rings. The van der Waals surface area contributed by atoms with Gasteiger partial charge in [0.25, 0.3) is 0 Å². The summed E-state index contributed by atoms with van der Waals surface area (Å²) in [6.45, 7) is 5.31. The molecule has 0 amide bonds. The van der Waals surface area contributed by atoms with Crippen molar-refractivity contribution in [3.8, 4) is 0 Å². The Morgan fingerprint density at radius 2 is 2.44 bits per heavy atom. The first-order chi connectivity index (χ1) is 4.34. The van der Waals surface area contributed by atoms with E-state index in [1.54, 1.807) is 6.20 Å². The number of rotatable bonds is 1. The lowest BCUT2D eigenvalue weighted by Gasteiger charge is -1.93. The van der Waals surface area contributed by atoms with Crippen molar-refractivity contribution in [3.63, 3.8) is 0 Å². The molecule has 0 N–H and O–H groups in total. The van der Waals surface area contributed by atoms with Crippen LogP contribution >= 0.6 is 0 Å². The highest BCUT2D eigenvalue weighted by Crippen LogP contribution is 2.12. The first kappa shape index (κ1) is 5.95. The normalized spacial score (nSPS) is 9.00. The number of aryl methyl sites for hydroxylation is 1. The zero-order valence-corrected chi connectivity index (χ0v) is 5.33. The van der Waals surface area contributed by atoms with Gasteiger partial charge >= 0.3 is 0 Å². The summed E-state index contributed by atoms with van der Waals surface area (Å²) in [6.07, 6.45) is 1.74. The molecule has 2 heteroatoms. The molecule has 0 fully saturated rings. The van der Waals surface area contributed by atoms with Crippen LogP contribution in [0.2, 0.25) is 0 Å². The van der Waals surface area contributed by atoms with E-state index in [0.29, 0.717) is 0 Å². The summed E-state index contributed by atoms with van der Waals surface area (Å²) in [6, 6.07) is 3.73. The van der Waals surface area contributed by atoms with Crippen LogP contribution in [-0.4, -0.2) is 11.7 Å². The Morgan fingerprint density at radius 3 is 2.89 bits per heavy atom. The molecule has 0 atom stereocenters. The molecular formula is C7H8N2. The molecule has 2 nitrogen and oxygen atoms in total. The summed E-state index contributed by atoms with van der Waals surface area (Å²) in [5.74, 6) is 0. The van der Waals surface area contributed by atoms with Crippen LogP contribution in [0.5, 0.6) is 0 Å². The lowest BCUT2D eigenvalue weighted by atomic mass is 10.3. The Kier molecular flexibility index (Phi) is 1.58. The highest BCUT2D eigenvalue weighted by atomic mass is 14.8. The molecule has 1 aromatic rings. The van der Waals surface area contributed by atoms with E-state index < -0.39 is 0 Å². The zero-order chi connectivity index (χ0) is 6.69. The first-order valence-corrected chi connectivity index (χ1v) is 2.73. The van der Waals surface area contributed by atoms with Crippen molar-refractivity contribution in [1.29, 1.82) is 0 Å². The summed E-state index contributed by atoms with van der Waals surface area (Å²) >= 11 is 0. The minimum absolute atomic E-state index is 0.859. The Morgan fingerprint density at radius 1 is 1.67 bits per heavy atom. The minimum atomic E-state index is 0.859. The molecule has 46 valence electrons. The summed E-state index contributed by atoms with van der Waals surface area (Å²) in [5, 5.41) is 0. The molecule has 1 heterocycles. The highest BCUT2D eigenvalue weighted by molar-refractivity contribution is 5.47. The molecule has 0 radical (unpaired) electrons. The van der Waals surface area contributed by atoms with Gasteiger partial charge in [0.2, 0.25) is 0 Å². The Balaban J connectivity index is 3.15. The van der Waals surface area contributed by atoms with Crippen LogP contribution in [0.3, 0.4) is 0 Å². The number of aromatic nitrogens is 1. The second kappa shape index (κ2) is 2.40. The van der Waals surface area contributed by atoms with Gasteiger partial charge in [-0.3, -0.25) is 9.98 Å². The maximum absolute atomic E-state index is 4.02. The average molecular weight is 120 g/mol. The molecule has 0 aliphatic carbocycles. The number of nitrogens with zero attached hydrogens (tertiary/aromatic N) is 2. The van der Waals surface area contributed by atoms with Crippen molar-refractivity contribution in [1.82, 2.24) is 4.98 Å². The predicted octanol–water partition coefficient (Wildman–Crippen LogP) is 1.72. The monoisotopic (exact) mass is 120 g/mol. The van der Waals surface area contributed by atoms with Crippen molar-refractivity contribution in [2.24, 2.45) is 4.99 Å². The maximum Gasteiger partial charge on any atom is 0.0834 e. The molecule has 0 aromatic carbocycles. The van der Waals surface area contributed by atoms with Crippen LogP contribution in [0.1, 0.15) is 5.69 Å². The van der Waals surface area contributed by atoms with Crippen LogP contribution in [0.25, 0.3) is 0 Å². The van der Waals surface area contributed by atoms with Gasteiger partial charge in [-0.25, -0.2) is 0 Å². The van der Waals surface area contributed by atoms with E-state index in [4.69, 9.17) is 0 Å². The molecule has 9 heavy (non-hydrogen) atoms. The third-order valence-electron chi connectivity index (χ3n) is 1.15. The topological polar surface area (TPSA) is 25.2 Å². The third-order valence-corrected chi connectivity index (χ3v) is 1.15. The van der Waals surface area contributed by atoms with Gasteiger partial charge in [-0.15, -0.1) is 0 Å². The van der Waals surface area contributed by atoms with Gasteiger partial charge in [0.15, 0.2) is 0 Å². The van der Waals surface area contributed by atoms with E-state index >= 15 is 0 Å². The van der Waals surface area contributed by atoms with E-state index in [-0.39, 0.29) is 0 Å². The van der Waals surface area contributed by atoms with Crippen LogP contribution < -0.4 is 0 Å². The van der Waals surface area contributed by atoms with E-state index in [2.05, 4.69) is 16.7 Å². The molecule has 0 bridgehead atoms. The summed E-state index contributed by atoms with van der Waals surface area (Å²) in [5.41, 5.74) is 1.78. The van der Waals surface area contributed by atoms with Crippen LogP contribution in [0, 0.1) is 6.92 Å². The van der Waals surface area contributed by atoms with Crippen molar-refractivity contribution >= 4 is 12.4 Å². The summed E-state index contributed by atoms with van der Waals surface area (Å²) < 4.78 is 0. The van der Waals surface area contributed by atoms with Crippen molar-refractivity contribution in [2.75, 3.05) is 0 Å². The van der Waals surface area contributed by atoms with E-state index in [1.165, 1.54) is 0 Å². The molecule has 0 unspecified atom stereocenters. The largest absolute Gasteiger partial charge is 0.263 e. The smallest absolute Gasteiger partial charge is 0.0834 e. The predicted molar refractivity (Wildman–Crippen MR) is 38.2 cm³/mol. The molecule has 0 spiro atoms. The van der Waals surface area contributed by atoms with Crippen molar-refractivity contribution in [3.05, 3.63) is 24.0 Å². The summed E-state index contributed by atoms with van der Waals surface area (Å²) in [4.78, 5) is 7.77. The SMILES string of the molecule is C=Nc1cccnc1C. The quantitative estimate of drug-likeness (QED) is 0.518. The fourth-order valence-electron chi connectivity index (χ4n) is 0.643. The molecule has 0 aliphatic heterocycles. The number of hydrogen-bond acceptors (Lipinski definition) is 2. The van der Waals surface area contributed by atoms with Gasteiger partial charge in [0.05, 0.1) is 11.4 Å². The second-order valence-electron chi connectivity index (χ2n) is 1.77. The van der Waals surface area contributed by atoms with Gasteiger partial charge < -0.3 is 0 Å². The standard InChI is InChI=1S/C7H8N2/c1-6-7(8-2)4-3-5-9-6/h3-5H,2H2,1H3. The summed E-state index contributed by atoms with van der Waals surface area (Å²) in [7, 11) is 0. The Labute approximate surface area is 54.3 Å². The van der Waals surface area contributed by atoms with Gasteiger partial charge in [-0.2, -0.15) is 0 Å². The highest BCUT2D eigenvalue weighted by Gasteiger charge is 1.89. The van der Waals surface area contributed by atoms with E-state index in [1.807, 2.05) is 19.1 Å². The number of pyridine rings is 1. The number of aliphatic imine (C=N–C) groups is 1. The number of hydrogen-bond donors (Lipinski definition) is 0. The van der Waals surface area contributed by atoms with Crippen LogP contribution in [-0.2, 0) is 0 Å². The van der Waals surface area contributed by atoms with Crippen LogP contribution in [0.4, 0.5) is 5.69 Å². The van der Waals surface area contributed by atoms with E-state index in [0.717, 1.165) is 11.4 Å². The van der Waals surface area contributed by atoms with Crippen molar-refractivity contribution < 1.29 is 0 Å². The maximum atomic E-state index is 4.02. The Hall–Kier alpha value is -1.18.